The van der Waals surface area contributed by atoms with E-state index in [2.05, 4.69) is 251 Å². The summed E-state index contributed by atoms with van der Waals surface area (Å²) in [5.74, 6) is 0. The standard InChI is InChI=1S/C60H44Br2N2/c1-36-5-15-44(16-6-36)63(45-17-7-37(2)8-18-45)48-23-27-50-40(30-48)29-41-31-55-53-28-24-49(64(46-19-9-38(3)10-20-46)47-21-11-39(4)12-22-47)34-58(53)60(59(55)35-54(41)50)56-32-42(61)13-25-51(56)52-26-14-43(62)33-57(52)60/h5-28,30-35H,29H2,1-4H3. The molecule has 0 bridgehead atoms. The van der Waals surface area contributed by atoms with Gasteiger partial charge in [0.15, 0.2) is 0 Å². The van der Waals surface area contributed by atoms with E-state index in [1.54, 1.807) is 0 Å². The Hall–Kier alpha value is -6.46. The third-order valence-electron chi connectivity index (χ3n) is 13.9. The molecule has 308 valence electrons. The summed E-state index contributed by atoms with van der Waals surface area (Å²) in [6.45, 7) is 8.61. The molecule has 12 rings (SSSR count). The van der Waals surface area contributed by atoms with Crippen molar-refractivity contribution in [2.45, 2.75) is 39.5 Å². The molecule has 2 nitrogen and oxygen atoms in total. The number of halogens is 2. The molecule has 0 heterocycles. The van der Waals surface area contributed by atoms with Gasteiger partial charge >= 0.3 is 0 Å². The Kier molecular flexibility index (Phi) is 9.06. The summed E-state index contributed by atoms with van der Waals surface area (Å²) >= 11 is 7.91. The van der Waals surface area contributed by atoms with Gasteiger partial charge in [-0.1, -0.05) is 127 Å². The summed E-state index contributed by atoms with van der Waals surface area (Å²) in [5, 5.41) is 0. The zero-order valence-electron chi connectivity index (χ0n) is 36.2. The lowest BCUT2D eigenvalue weighted by Crippen LogP contribution is -2.26. The summed E-state index contributed by atoms with van der Waals surface area (Å²) in [4.78, 5) is 4.81. The number of fused-ring (bicyclic) bond motifs is 13. The first-order chi connectivity index (χ1) is 31.1. The lowest BCUT2D eigenvalue weighted by Gasteiger charge is -2.32. The van der Waals surface area contributed by atoms with Crippen molar-refractivity contribution in [3.8, 4) is 33.4 Å². The van der Waals surface area contributed by atoms with E-state index in [1.165, 1.54) is 94.7 Å². The van der Waals surface area contributed by atoms with Crippen molar-refractivity contribution in [1.29, 1.82) is 0 Å². The van der Waals surface area contributed by atoms with E-state index in [0.717, 1.165) is 43.8 Å². The summed E-state index contributed by atoms with van der Waals surface area (Å²) in [6.07, 6.45) is 0.876. The number of aryl methyl sites for hydroxylation is 4. The van der Waals surface area contributed by atoms with Crippen molar-refractivity contribution >= 4 is 66.0 Å². The minimum atomic E-state index is -0.559. The smallest absolute Gasteiger partial charge is 0.0727 e. The number of hydrogen-bond donors (Lipinski definition) is 0. The van der Waals surface area contributed by atoms with Gasteiger partial charge in [-0.25, -0.2) is 0 Å². The van der Waals surface area contributed by atoms with Gasteiger partial charge in [0.1, 0.15) is 0 Å². The van der Waals surface area contributed by atoms with Gasteiger partial charge in [0.2, 0.25) is 0 Å². The largest absolute Gasteiger partial charge is 0.310 e. The average molecular weight is 953 g/mol. The number of nitrogens with zero attached hydrogens (tertiary/aromatic N) is 2. The maximum Gasteiger partial charge on any atom is 0.0727 e. The fraction of sp³-hybridized carbons (Fsp3) is 0.100. The van der Waals surface area contributed by atoms with Crippen molar-refractivity contribution in [2.75, 3.05) is 9.80 Å². The van der Waals surface area contributed by atoms with E-state index in [-0.39, 0.29) is 0 Å². The molecule has 0 unspecified atom stereocenters. The lowest BCUT2D eigenvalue weighted by atomic mass is 9.70. The molecule has 0 aliphatic heterocycles. The summed E-state index contributed by atoms with van der Waals surface area (Å²) in [7, 11) is 0. The summed E-state index contributed by atoms with van der Waals surface area (Å²) in [5.41, 5.74) is 27.1. The van der Waals surface area contributed by atoms with Gasteiger partial charge in [-0.15, -0.1) is 0 Å². The molecule has 0 amide bonds. The van der Waals surface area contributed by atoms with Crippen LogP contribution in [0.2, 0.25) is 0 Å². The zero-order valence-corrected chi connectivity index (χ0v) is 39.3. The molecule has 4 heteroatoms. The number of rotatable bonds is 6. The Morgan fingerprint density at radius 1 is 0.312 bits per heavy atom. The average Bonchev–Trinajstić information content (AvgIpc) is 3.90. The van der Waals surface area contributed by atoms with E-state index < -0.39 is 5.41 Å². The topological polar surface area (TPSA) is 6.48 Å². The Morgan fingerprint density at radius 3 is 1.12 bits per heavy atom. The first-order valence-electron chi connectivity index (χ1n) is 22.1. The molecule has 0 atom stereocenters. The van der Waals surface area contributed by atoms with Crippen molar-refractivity contribution in [3.05, 3.63) is 247 Å². The third-order valence-corrected chi connectivity index (χ3v) is 14.8. The number of benzene rings is 9. The second-order valence-corrected chi connectivity index (χ2v) is 19.8. The highest BCUT2D eigenvalue weighted by atomic mass is 79.9. The molecule has 9 aromatic carbocycles. The first-order valence-corrected chi connectivity index (χ1v) is 23.7. The second-order valence-electron chi connectivity index (χ2n) is 17.9. The highest BCUT2D eigenvalue weighted by Crippen LogP contribution is 2.65. The van der Waals surface area contributed by atoms with Crippen LogP contribution in [-0.4, -0.2) is 0 Å². The van der Waals surface area contributed by atoms with Gasteiger partial charge in [-0.2, -0.15) is 0 Å². The van der Waals surface area contributed by atoms with E-state index in [4.69, 9.17) is 0 Å². The van der Waals surface area contributed by atoms with Gasteiger partial charge in [0.05, 0.1) is 5.41 Å². The summed E-state index contributed by atoms with van der Waals surface area (Å²) in [6, 6.07) is 68.8. The Bertz CT molecular complexity index is 3210. The van der Waals surface area contributed by atoms with Crippen molar-refractivity contribution in [2.24, 2.45) is 0 Å². The molecule has 1 spiro atoms. The maximum absolute atomic E-state index is 3.95. The molecular weight excluding hydrogens is 908 g/mol. The highest BCUT2D eigenvalue weighted by molar-refractivity contribution is 9.10. The van der Waals surface area contributed by atoms with Gasteiger partial charge in [0.25, 0.3) is 0 Å². The Labute approximate surface area is 392 Å². The van der Waals surface area contributed by atoms with Crippen molar-refractivity contribution in [1.82, 2.24) is 0 Å². The van der Waals surface area contributed by atoms with Crippen LogP contribution in [-0.2, 0) is 11.8 Å². The van der Waals surface area contributed by atoms with E-state index in [9.17, 15) is 0 Å². The Balaban J connectivity index is 1.07. The molecule has 3 aliphatic carbocycles. The van der Waals surface area contributed by atoms with Gasteiger partial charge in [-0.05, 0) is 210 Å². The van der Waals surface area contributed by atoms with Crippen LogP contribution >= 0.6 is 31.9 Å². The molecule has 0 saturated carbocycles. The van der Waals surface area contributed by atoms with Gasteiger partial charge < -0.3 is 9.80 Å². The molecule has 0 N–H and O–H groups in total. The Morgan fingerprint density at radius 2 is 0.656 bits per heavy atom. The van der Waals surface area contributed by atoms with E-state index >= 15 is 0 Å². The van der Waals surface area contributed by atoms with Crippen LogP contribution in [0.25, 0.3) is 33.4 Å². The monoisotopic (exact) mass is 950 g/mol. The van der Waals surface area contributed by atoms with Crippen LogP contribution in [0.1, 0.15) is 55.6 Å². The molecule has 0 aromatic heterocycles. The van der Waals surface area contributed by atoms with Crippen LogP contribution in [0.5, 0.6) is 0 Å². The van der Waals surface area contributed by atoms with Gasteiger partial charge in [-0.3, -0.25) is 0 Å². The predicted molar refractivity (Wildman–Crippen MR) is 275 cm³/mol. The lowest BCUT2D eigenvalue weighted by molar-refractivity contribution is 0.792. The molecule has 9 aromatic rings. The minimum absolute atomic E-state index is 0.559. The van der Waals surface area contributed by atoms with Crippen LogP contribution < -0.4 is 9.80 Å². The maximum atomic E-state index is 3.95. The van der Waals surface area contributed by atoms with Gasteiger partial charge in [0, 0.05) is 43.1 Å². The normalized spacial score (nSPS) is 13.2. The minimum Gasteiger partial charge on any atom is -0.310 e. The molecule has 0 saturated heterocycles. The number of hydrogen-bond acceptors (Lipinski definition) is 2. The molecule has 0 radical (unpaired) electrons. The van der Waals surface area contributed by atoms with Crippen molar-refractivity contribution in [3.63, 3.8) is 0 Å². The SMILES string of the molecule is Cc1ccc(N(c2ccc(C)cc2)c2ccc3c(c2)Cc2cc4c(cc2-3)C2(c3cc(Br)ccc3-c3ccc(Br)cc32)c2cc(N(c3ccc(C)cc3)c3ccc(C)cc3)ccc2-4)cc1. The van der Waals surface area contributed by atoms with E-state index in [0.29, 0.717) is 0 Å². The first kappa shape index (κ1) is 39.2. The predicted octanol–water partition coefficient (Wildman–Crippen LogP) is 17.3. The second kappa shape index (κ2) is 14.8. The quantitative estimate of drug-likeness (QED) is 0.164. The molecule has 64 heavy (non-hydrogen) atoms. The molecular formula is C60H44Br2N2. The van der Waals surface area contributed by atoms with Crippen LogP contribution in [0, 0.1) is 27.7 Å². The fourth-order valence-electron chi connectivity index (χ4n) is 10.8. The van der Waals surface area contributed by atoms with Crippen molar-refractivity contribution < 1.29 is 0 Å². The van der Waals surface area contributed by atoms with Crippen LogP contribution in [0.15, 0.2) is 191 Å². The molecule has 3 aliphatic rings. The summed E-state index contributed by atoms with van der Waals surface area (Å²) < 4.78 is 2.16. The van der Waals surface area contributed by atoms with E-state index in [1.807, 2.05) is 0 Å². The third kappa shape index (κ3) is 6.03. The highest BCUT2D eigenvalue weighted by Gasteiger charge is 2.53. The zero-order chi connectivity index (χ0) is 43.4. The van der Waals surface area contributed by atoms with Crippen LogP contribution in [0.4, 0.5) is 34.1 Å². The van der Waals surface area contributed by atoms with Crippen LogP contribution in [0.3, 0.4) is 0 Å². The number of anilines is 6. The molecule has 0 fully saturated rings. The fourth-order valence-corrected chi connectivity index (χ4v) is 11.5.